The summed E-state index contributed by atoms with van der Waals surface area (Å²) in [6.45, 7) is 9.93. The van der Waals surface area contributed by atoms with E-state index in [1.54, 1.807) is 0 Å². The summed E-state index contributed by atoms with van der Waals surface area (Å²) in [7, 11) is -1.43. The fraction of sp³-hybridized carbons (Fsp3) is 1.00. The van der Waals surface area contributed by atoms with Crippen LogP contribution in [-0.2, 0) is 13.9 Å². The van der Waals surface area contributed by atoms with Crippen LogP contribution >= 0.6 is 11.6 Å². The topological polar surface area (TPSA) is 27.7 Å². The van der Waals surface area contributed by atoms with Crippen LogP contribution in [0.4, 0.5) is 0 Å². The Morgan fingerprint density at radius 2 is 1.24 bits per heavy atom. The zero-order chi connectivity index (χ0) is 13.0. The maximum absolute atomic E-state index is 6.06. The molecule has 0 aromatic rings. The molecule has 0 aliphatic carbocycles. The minimum Gasteiger partial charge on any atom is -0.414 e. The van der Waals surface area contributed by atoms with Gasteiger partial charge >= 0.3 is 0 Å². The molecule has 0 heterocycles. The van der Waals surface area contributed by atoms with Gasteiger partial charge < -0.3 is 13.9 Å². The Morgan fingerprint density at radius 1 is 0.765 bits per heavy atom. The molecule has 3 nitrogen and oxygen atoms in total. The standard InChI is InChI=1S/C12H27ClO3Si/c1-4-17(5-2,6-3)16-12-11-15-10-9-14-8-7-13/h4-12H2,1-3H3. The fourth-order valence-electron chi connectivity index (χ4n) is 1.75. The molecule has 0 N–H and O–H groups in total. The second-order valence-electron chi connectivity index (χ2n) is 4.01. The molecule has 0 aliphatic rings. The summed E-state index contributed by atoms with van der Waals surface area (Å²) in [5.41, 5.74) is 0. The maximum Gasteiger partial charge on any atom is 0.192 e. The highest BCUT2D eigenvalue weighted by atomic mass is 35.5. The molecule has 0 saturated carbocycles. The number of hydrogen-bond donors (Lipinski definition) is 0. The van der Waals surface area contributed by atoms with Gasteiger partial charge in [-0.1, -0.05) is 20.8 Å². The third kappa shape index (κ3) is 8.16. The molecule has 0 amide bonds. The van der Waals surface area contributed by atoms with Crippen molar-refractivity contribution in [2.75, 3.05) is 38.9 Å². The molecule has 0 aromatic carbocycles. The average molecular weight is 283 g/mol. The van der Waals surface area contributed by atoms with Crippen LogP contribution in [0, 0.1) is 0 Å². The van der Waals surface area contributed by atoms with Gasteiger partial charge in [-0.25, -0.2) is 0 Å². The van der Waals surface area contributed by atoms with Crippen molar-refractivity contribution in [2.24, 2.45) is 0 Å². The van der Waals surface area contributed by atoms with Crippen LogP contribution in [0.5, 0.6) is 0 Å². The van der Waals surface area contributed by atoms with E-state index in [9.17, 15) is 0 Å². The van der Waals surface area contributed by atoms with E-state index in [-0.39, 0.29) is 0 Å². The van der Waals surface area contributed by atoms with Crippen LogP contribution < -0.4 is 0 Å². The maximum atomic E-state index is 6.06. The first-order valence-corrected chi connectivity index (χ1v) is 9.66. The average Bonchev–Trinajstić information content (AvgIpc) is 2.38. The quantitative estimate of drug-likeness (QED) is 0.312. The van der Waals surface area contributed by atoms with Gasteiger partial charge in [-0.15, -0.1) is 11.6 Å². The van der Waals surface area contributed by atoms with E-state index < -0.39 is 8.32 Å². The molecule has 0 aromatic heterocycles. The molecule has 0 saturated heterocycles. The summed E-state index contributed by atoms with van der Waals surface area (Å²) in [6, 6.07) is 3.58. The lowest BCUT2D eigenvalue weighted by Gasteiger charge is -2.27. The SMILES string of the molecule is CC[Si](CC)(CC)OCCOCCOCCCl. The van der Waals surface area contributed by atoms with Gasteiger partial charge in [-0.3, -0.25) is 0 Å². The van der Waals surface area contributed by atoms with Crippen LogP contribution in [0.1, 0.15) is 20.8 Å². The highest BCUT2D eigenvalue weighted by Gasteiger charge is 2.28. The van der Waals surface area contributed by atoms with Crippen LogP contribution in [0.2, 0.25) is 18.1 Å². The molecule has 0 spiro atoms. The molecular weight excluding hydrogens is 256 g/mol. The second-order valence-corrected chi connectivity index (χ2v) is 9.16. The van der Waals surface area contributed by atoms with Gasteiger partial charge in [0.1, 0.15) is 0 Å². The number of halogens is 1. The van der Waals surface area contributed by atoms with E-state index >= 15 is 0 Å². The fourth-order valence-corrected chi connectivity index (χ4v) is 4.49. The predicted molar refractivity (Wildman–Crippen MR) is 75.5 cm³/mol. The van der Waals surface area contributed by atoms with Crippen LogP contribution in [0.3, 0.4) is 0 Å². The molecule has 0 atom stereocenters. The molecule has 17 heavy (non-hydrogen) atoms. The predicted octanol–water partition coefficient (Wildman–Crippen LogP) is 3.28. The normalized spacial score (nSPS) is 12.0. The molecule has 0 rings (SSSR count). The van der Waals surface area contributed by atoms with Gasteiger partial charge in [-0.2, -0.15) is 0 Å². The molecule has 0 aliphatic heterocycles. The lowest BCUT2D eigenvalue weighted by molar-refractivity contribution is 0.0395. The molecule has 0 unspecified atom stereocenters. The van der Waals surface area contributed by atoms with Crippen molar-refractivity contribution < 1.29 is 13.9 Å². The molecule has 0 fully saturated rings. The van der Waals surface area contributed by atoms with E-state index in [1.807, 2.05) is 0 Å². The Hall–Kier alpha value is 0.387. The Morgan fingerprint density at radius 3 is 1.71 bits per heavy atom. The summed E-state index contributed by atoms with van der Waals surface area (Å²) in [5.74, 6) is 0.542. The van der Waals surface area contributed by atoms with Crippen LogP contribution in [0.15, 0.2) is 0 Å². The van der Waals surface area contributed by atoms with Gasteiger partial charge in [0.05, 0.1) is 33.0 Å². The summed E-state index contributed by atoms with van der Waals surface area (Å²) >= 11 is 5.48. The summed E-state index contributed by atoms with van der Waals surface area (Å²) in [5, 5.41) is 0. The Labute approximate surface area is 112 Å². The largest absolute Gasteiger partial charge is 0.414 e. The van der Waals surface area contributed by atoms with E-state index in [4.69, 9.17) is 25.5 Å². The number of hydrogen-bond acceptors (Lipinski definition) is 3. The van der Waals surface area contributed by atoms with Gasteiger partial charge in [0.2, 0.25) is 0 Å². The lowest BCUT2D eigenvalue weighted by Crippen LogP contribution is -2.36. The number of rotatable bonds is 12. The van der Waals surface area contributed by atoms with Gasteiger partial charge in [0.15, 0.2) is 8.32 Å². The minimum atomic E-state index is -1.43. The highest BCUT2D eigenvalue weighted by Crippen LogP contribution is 2.21. The van der Waals surface area contributed by atoms with E-state index in [1.165, 1.54) is 18.1 Å². The first kappa shape index (κ1) is 17.4. The molecule has 0 radical (unpaired) electrons. The van der Waals surface area contributed by atoms with E-state index in [0.29, 0.717) is 32.3 Å². The first-order chi connectivity index (χ1) is 8.24. The summed E-state index contributed by atoms with van der Waals surface area (Å²) in [6.07, 6.45) is 0. The summed E-state index contributed by atoms with van der Waals surface area (Å²) < 4.78 is 16.7. The third-order valence-electron chi connectivity index (χ3n) is 3.16. The second kappa shape index (κ2) is 11.5. The Kier molecular flexibility index (Phi) is 11.7. The zero-order valence-electron chi connectivity index (χ0n) is 11.5. The number of ether oxygens (including phenoxy) is 2. The Bertz CT molecular complexity index is 158. The van der Waals surface area contributed by atoms with Gasteiger partial charge in [0.25, 0.3) is 0 Å². The van der Waals surface area contributed by atoms with Crippen LogP contribution in [-0.4, -0.2) is 47.2 Å². The van der Waals surface area contributed by atoms with Crippen LogP contribution in [0.25, 0.3) is 0 Å². The lowest BCUT2D eigenvalue weighted by atomic mass is 10.7. The zero-order valence-corrected chi connectivity index (χ0v) is 13.2. The number of alkyl halides is 1. The van der Waals surface area contributed by atoms with Crippen molar-refractivity contribution in [2.45, 2.75) is 38.9 Å². The van der Waals surface area contributed by atoms with Crippen molar-refractivity contribution in [3.8, 4) is 0 Å². The molecule has 5 heteroatoms. The monoisotopic (exact) mass is 282 g/mol. The Balaban J connectivity index is 3.43. The first-order valence-electron chi connectivity index (χ1n) is 6.60. The minimum absolute atomic E-state index is 0.542. The highest BCUT2D eigenvalue weighted by molar-refractivity contribution is 6.73. The molecule has 104 valence electrons. The van der Waals surface area contributed by atoms with Crippen molar-refractivity contribution in [3.63, 3.8) is 0 Å². The van der Waals surface area contributed by atoms with E-state index in [2.05, 4.69) is 20.8 Å². The smallest absolute Gasteiger partial charge is 0.192 e. The van der Waals surface area contributed by atoms with Crippen molar-refractivity contribution in [1.82, 2.24) is 0 Å². The van der Waals surface area contributed by atoms with E-state index in [0.717, 1.165) is 6.61 Å². The van der Waals surface area contributed by atoms with Gasteiger partial charge in [0, 0.05) is 5.88 Å². The van der Waals surface area contributed by atoms with Gasteiger partial charge in [-0.05, 0) is 18.1 Å². The van der Waals surface area contributed by atoms with Crippen molar-refractivity contribution in [1.29, 1.82) is 0 Å². The van der Waals surface area contributed by atoms with Crippen molar-refractivity contribution in [3.05, 3.63) is 0 Å². The van der Waals surface area contributed by atoms with Crippen molar-refractivity contribution >= 4 is 19.9 Å². The molecular formula is C12H27ClO3Si. The third-order valence-corrected chi connectivity index (χ3v) is 8.00. The molecule has 0 bridgehead atoms. The summed E-state index contributed by atoms with van der Waals surface area (Å²) in [4.78, 5) is 0.